The molecule has 37 heavy (non-hydrogen) atoms. The topological polar surface area (TPSA) is 64.0 Å². The summed E-state index contributed by atoms with van der Waals surface area (Å²) in [6, 6.07) is 17.7. The zero-order valence-electron chi connectivity index (χ0n) is 22.1. The largest absolute Gasteiger partial charge is 0.493 e. The molecule has 1 aliphatic heterocycles. The van der Waals surface area contributed by atoms with Gasteiger partial charge in [-0.05, 0) is 44.5 Å². The van der Waals surface area contributed by atoms with Gasteiger partial charge in [0.15, 0.2) is 11.5 Å². The number of carbonyl (C=O) groups excluding carboxylic acids is 2. The highest BCUT2D eigenvalue weighted by Crippen LogP contribution is 2.35. The first-order valence-corrected chi connectivity index (χ1v) is 12.9. The lowest BCUT2D eigenvalue weighted by atomic mass is 9.94. The fraction of sp³-hybridized carbons (Fsp3) is 0.379. The Bertz CT molecular complexity index is 1280. The van der Waals surface area contributed by atoms with Gasteiger partial charge in [-0.15, -0.1) is 11.6 Å². The molecule has 7 nitrogen and oxygen atoms in total. The molecule has 1 aromatic heterocycles. The van der Waals surface area contributed by atoms with Gasteiger partial charge in [0.25, 0.3) is 5.91 Å². The lowest BCUT2D eigenvalue weighted by Crippen LogP contribution is -2.53. The van der Waals surface area contributed by atoms with E-state index >= 15 is 0 Å². The van der Waals surface area contributed by atoms with Crippen molar-refractivity contribution in [3.05, 3.63) is 65.9 Å². The average molecular weight is 524 g/mol. The van der Waals surface area contributed by atoms with Crippen molar-refractivity contribution in [1.29, 1.82) is 0 Å². The van der Waals surface area contributed by atoms with Crippen LogP contribution in [-0.2, 0) is 4.79 Å². The third kappa shape index (κ3) is 5.18. The normalized spacial score (nSPS) is 14.0. The number of nitrogens with zero attached hydrogens (tertiary/aromatic N) is 3. The number of benzene rings is 2. The summed E-state index contributed by atoms with van der Waals surface area (Å²) in [5, 5.41) is 0. The van der Waals surface area contributed by atoms with E-state index in [1.807, 2.05) is 85.2 Å². The zero-order chi connectivity index (χ0) is 26.7. The second-order valence-electron chi connectivity index (χ2n) is 9.87. The maximum atomic E-state index is 13.7. The van der Waals surface area contributed by atoms with Gasteiger partial charge in [0.2, 0.25) is 5.91 Å². The van der Waals surface area contributed by atoms with Crippen molar-refractivity contribution >= 4 is 23.4 Å². The molecule has 8 heteroatoms. The van der Waals surface area contributed by atoms with E-state index in [-0.39, 0.29) is 17.7 Å². The first-order chi connectivity index (χ1) is 17.7. The fourth-order valence-electron chi connectivity index (χ4n) is 4.71. The summed E-state index contributed by atoms with van der Waals surface area (Å²) in [5.41, 5.74) is 3.62. The Morgan fingerprint density at radius 2 is 1.51 bits per heavy atom. The molecule has 4 rings (SSSR count). The Morgan fingerprint density at radius 3 is 2.11 bits per heavy atom. The Labute approximate surface area is 223 Å². The van der Waals surface area contributed by atoms with Crippen LogP contribution in [0.25, 0.3) is 16.9 Å². The van der Waals surface area contributed by atoms with Crippen LogP contribution in [0.15, 0.2) is 54.6 Å². The lowest BCUT2D eigenvalue weighted by Gasteiger charge is -2.38. The highest BCUT2D eigenvalue weighted by molar-refractivity contribution is 6.19. The van der Waals surface area contributed by atoms with E-state index in [0.717, 1.165) is 22.6 Å². The second kappa shape index (κ2) is 10.9. The van der Waals surface area contributed by atoms with E-state index in [1.165, 1.54) is 0 Å². The number of hydrogen-bond donors (Lipinski definition) is 0. The first kappa shape index (κ1) is 26.6. The van der Waals surface area contributed by atoms with Crippen molar-refractivity contribution in [2.45, 2.75) is 20.8 Å². The predicted molar refractivity (Wildman–Crippen MR) is 146 cm³/mol. The molecule has 0 unspecified atom stereocenters. The summed E-state index contributed by atoms with van der Waals surface area (Å²) in [7, 11) is 3.21. The number of halogens is 1. The van der Waals surface area contributed by atoms with Gasteiger partial charge >= 0.3 is 0 Å². The van der Waals surface area contributed by atoms with Crippen LogP contribution >= 0.6 is 11.6 Å². The summed E-state index contributed by atoms with van der Waals surface area (Å²) < 4.78 is 13.0. The van der Waals surface area contributed by atoms with Crippen LogP contribution in [0.3, 0.4) is 0 Å². The molecule has 1 aliphatic rings. The SMILES string of the molecule is COc1ccc(-n2c(-c3ccccc3)cc(C(=O)N3CCN(C(=O)C(C)(C)CCl)CC3)c2C)cc1OC. The molecule has 0 saturated carbocycles. The number of piperazine rings is 1. The summed E-state index contributed by atoms with van der Waals surface area (Å²) in [4.78, 5) is 30.2. The minimum Gasteiger partial charge on any atom is -0.493 e. The number of alkyl halides is 1. The van der Waals surface area contributed by atoms with Crippen molar-refractivity contribution in [1.82, 2.24) is 14.4 Å². The van der Waals surface area contributed by atoms with Gasteiger partial charge in [-0.2, -0.15) is 0 Å². The second-order valence-corrected chi connectivity index (χ2v) is 10.1. The number of hydrogen-bond acceptors (Lipinski definition) is 4. The summed E-state index contributed by atoms with van der Waals surface area (Å²) in [6.07, 6.45) is 0. The Balaban J connectivity index is 1.68. The highest BCUT2D eigenvalue weighted by Gasteiger charge is 2.34. The van der Waals surface area contributed by atoms with E-state index < -0.39 is 5.41 Å². The third-order valence-corrected chi connectivity index (χ3v) is 7.61. The molecular formula is C29H34ClN3O4. The Morgan fingerprint density at radius 1 is 0.892 bits per heavy atom. The summed E-state index contributed by atoms with van der Waals surface area (Å²) in [6.45, 7) is 7.60. The predicted octanol–water partition coefficient (Wildman–Crippen LogP) is 5.02. The van der Waals surface area contributed by atoms with Crippen LogP contribution in [0.5, 0.6) is 11.5 Å². The zero-order valence-corrected chi connectivity index (χ0v) is 22.8. The van der Waals surface area contributed by atoms with Crippen LogP contribution in [0.4, 0.5) is 0 Å². The van der Waals surface area contributed by atoms with Gasteiger partial charge in [0.1, 0.15) is 0 Å². The quantitative estimate of drug-likeness (QED) is 0.408. The molecule has 0 aliphatic carbocycles. The lowest BCUT2D eigenvalue weighted by molar-refractivity contribution is -0.140. The van der Waals surface area contributed by atoms with Crippen molar-refractivity contribution in [2.24, 2.45) is 5.41 Å². The van der Waals surface area contributed by atoms with Gasteiger partial charge in [0.05, 0.1) is 30.9 Å². The van der Waals surface area contributed by atoms with E-state index in [9.17, 15) is 9.59 Å². The molecule has 0 N–H and O–H groups in total. The van der Waals surface area contributed by atoms with Crippen molar-refractivity contribution in [3.63, 3.8) is 0 Å². The molecule has 0 spiro atoms. The van der Waals surface area contributed by atoms with Gasteiger partial charge in [-0.1, -0.05) is 30.3 Å². The number of methoxy groups -OCH3 is 2. The van der Waals surface area contributed by atoms with Crippen LogP contribution in [-0.4, -0.2) is 72.5 Å². The monoisotopic (exact) mass is 523 g/mol. The van der Waals surface area contributed by atoms with Crippen molar-refractivity contribution < 1.29 is 19.1 Å². The Kier molecular flexibility index (Phi) is 7.83. The van der Waals surface area contributed by atoms with Crippen molar-refractivity contribution in [2.75, 3.05) is 46.3 Å². The van der Waals surface area contributed by atoms with Crippen LogP contribution in [0, 0.1) is 12.3 Å². The molecule has 0 bridgehead atoms. The molecule has 0 radical (unpaired) electrons. The van der Waals surface area contributed by atoms with Gasteiger partial charge in [0, 0.05) is 49.5 Å². The number of rotatable bonds is 7. The number of ether oxygens (including phenoxy) is 2. The third-order valence-electron chi connectivity index (χ3n) is 6.94. The van der Waals surface area contributed by atoms with Crippen molar-refractivity contribution in [3.8, 4) is 28.4 Å². The number of aromatic nitrogens is 1. The molecule has 3 aromatic rings. The van der Waals surface area contributed by atoms with Crippen LogP contribution in [0.2, 0.25) is 0 Å². The molecule has 1 saturated heterocycles. The Hall–Kier alpha value is -3.45. The molecule has 2 heterocycles. The van der Waals surface area contributed by atoms with Gasteiger partial charge < -0.3 is 23.8 Å². The van der Waals surface area contributed by atoms with Crippen LogP contribution < -0.4 is 9.47 Å². The maximum Gasteiger partial charge on any atom is 0.255 e. The smallest absolute Gasteiger partial charge is 0.255 e. The van der Waals surface area contributed by atoms with Gasteiger partial charge in [-0.3, -0.25) is 9.59 Å². The van der Waals surface area contributed by atoms with Crippen LogP contribution in [0.1, 0.15) is 29.9 Å². The molecule has 2 aromatic carbocycles. The van der Waals surface area contributed by atoms with E-state index in [2.05, 4.69) is 4.57 Å². The molecule has 196 valence electrons. The first-order valence-electron chi connectivity index (χ1n) is 12.4. The number of carbonyl (C=O) groups is 2. The highest BCUT2D eigenvalue weighted by atomic mass is 35.5. The molecule has 0 atom stereocenters. The maximum absolute atomic E-state index is 13.7. The minimum atomic E-state index is -0.619. The summed E-state index contributed by atoms with van der Waals surface area (Å²) >= 11 is 6.01. The molecule has 1 fully saturated rings. The summed E-state index contributed by atoms with van der Waals surface area (Å²) in [5.74, 6) is 1.49. The molecular weight excluding hydrogens is 490 g/mol. The molecule has 2 amide bonds. The minimum absolute atomic E-state index is 0.0248. The fourth-order valence-corrected chi connectivity index (χ4v) is 4.82. The van der Waals surface area contributed by atoms with E-state index in [1.54, 1.807) is 14.2 Å². The van der Waals surface area contributed by atoms with E-state index in [0.29, 0.717) is 43.2 Å². The standard InChI is InChI=1S/C29H34ClN3O4/c1-20-23(27(34)31-13-15-32(16-14-31)28(35)29(2,3)19-30)18-24(21-9-7-6-8-10-21)33(20)22-11-12-25(36-4)26(17-22)37-5/h6-12,17-18H,13-16,19H2,1-5H3. The number of amides is 2. The van der Waals surface area contributed by atoms with Gasteiger partial charge in [-0.25, -0.2) is 0 Å². The average Bonchev–Trinajstić information content (AvgIpc) is 3.29. The van der Waals surface area contributed by atoms with E-state index in [4.69, 9.17) is 21.1 Å².